The van der Waals surface area contributed by atoms with Gasteiger partial charge in [0.1, 0.15) is 5.75 Å². The number of carbonyl (C=O) groups is 2. The van der Waals surface area contributed by atoms with Crippen LogP contribution < -0.4 is 15.5 Å². The summed E-state index contributed by atoms with van der Waals surface area (Å²) in [6, 6.07) is 12.8. The van der Waals surface area contributed by atoms with Crippen LogP contribution in [0.4, 0.5) is 11.4 Å². The lowest BCUT2D eigenvalue weighted by Crippen LogP contribution is -2.44. The van der Waals surface area contributed by atoms with Crippen molar-refractivity contribution in [2.24, 2.45) is 0 Å². The molecule has 2 aromatic heterocycles. The molecular formula is C31H37N9O4. The zero-order chi connectivity index (χ0) is 30.5. The third-order valence-corrected chi connectivity index (χ3v) is 8.09. The number of aromatic nitrogens is 4. The molecule has 13 nitrogen and oxygen atoms in total. The highest BCUT2D eigenvalue weighted by Gasteiger charge is 2.22. The van der Waals surface area contributed by atoms with Gasteiger partial charge >= 0.3 is 0 Å². The number of hydrogen-bond acceptors (Lipinski definition) is 10. The van der Waals surface area contributed by atoms with Crippen molar-refractivity contribution in [3.05, 3.63) is 66.1 Å². The number of carbonyl (C=O) groups excluding carboxylic acids is 2. The van der Waals surface area contributed by atoms with Crippen molar-refractivity contribution in [1.82, 2.24) is 35.1 Å². The lowest BCUT2D eigenvalue weighted by molar-refractivity contribution is 0.0374. The standard InChI is InChI=1S/C31H37N9O4/c1-37-11-13-39(14-12-37)27-8-7-22(19-25(27)34-31(43)29-23-5-2-3-6-24(23)33-20-28(29)41)40-21-26(35-36-40)30(42)32-9-4-10-38-15-17-44-18-16-38/h2-3,5-8,19-21,41H,4,9-18H2,1H3,(H,32,42)(H,34,43). The first-order valence-electron chi connectivity index (χ1n) is 14.9. The molecule has 2 amide bonds. The fraction of sp³-hybridized carbons (Fsp3) is 0.387. The molecule has 13 heteroatoms. The van der Waals surface area contributed by atoms with Crippen LogP contribution in [0, 0.1) is 0 Å². The molecule has 4 aromatic rings. The highest BCUT2D eigenvalue weighted by molar-refractivity contribution is 6.15. The first-order valence-corrected chi connectivity index (χ1v) is 14.9. The topological polar surface area (TPSA) is 141 Å². The summed E-state index contributed by atoms with van der Waals surface area (Å²) >= 11 is 0. The normalized spacial score (nSPS) is 16.2. The van der Waals surface area contributed by atoms with Crippen LogP contribution in [-0.4, -0.2) is 119 Å². The summed E-state index contributed by atoms with van der Waals surface area (Å²) in [5, 5.41) is 25.4. The van der Waals surface area contributed by atoms with Gasteiger partial charge in [-0.15, -0.1) is 5.10 Å². The van der Waals surface area contributed by atoms with Crippen LogP contribution in [0.2, 0.25) is 0 Å². The predicted octanol–water partition coefficient (Wildman–Crippen LogP) is 1.98. The third kappa shape index (κ3) is 6.64. The first kappa shape index (κ1) is 29.5. The third-order valence-electron chi connectivity index (χ3n) is 8.09. The Morgan fingerprint density at radius 3 is 2.61 bits per heavy atom. The molecular weight excluding hydrogens is 562 g/mol. The van der Waals surface area contributed by atoms with E-state index in [0.29, 0.717) is 28.8 Å². The molecule has 3 N–H and O–H groups in total. The summed E-state index contributed by atoms with van der Waals surface area (Å²) in [5.41, 5.74) is 3.00. The van der Waals surface area contributed by atoms with Gasteiger partial charge in [-0.3, -0.25) is 19.5 Å². The van der Waals surface area contributed by atoms with Gasteiger partial charge in [-0.2, -0.15) is 0 Å². The number of para-hydroxylation sites is 1. The SMILES string of the molecule is CN1CCN(c2ccc(-n3cc(C(=O)NCCCN4CCOCC4)nn3)cc2NC(=O)c2c(O)cnc3ccccc23)CC1. The van der Waals surface area contributed by atoms with Gasteiger partial charge in [-0.05, 0) is 44.3 Å². The zero-order valence-corrected chi connectivity index (χ0v) is 24.8. The van der Waals surface area contributed by atoms with Gasteiger partial charge in [0.05, 0.1) is 53.7 Å². The molecule has 0 saturated carbocycles. The Morgan fingerprint density at radius 1 is 1.00 bits per heavy atom. The maximum atomic E-state index is 13.7. The van der Waals surface area contributed by atoms with Crippen molar-refractivity contribution >= 4 is 34.1 Å². The van der Waals surface area contributed by atoms with E-state index >= 15 is 0 Å². The van der Waals surface area contributed by atoms with E-state index in [2.05, 4.69) is 47.7 Å². The first-order chi connectivity index (χ1) is 21.5. The van der Waals surface area contributed by atoms with Gasteiger partial charge in [-0.25, -0.2) is 4.68 Å². The Hall–Kier alpha value is -4.59. The molecule has 2 saturated heterocycles. The van der Waals surface area contributed by atoms with Gasteiger partial charge in [0, 0.05) is 51.2 Å². The molecule has 2 fully saturated rings. The van der Waals surface area contributed by atoms with E-state index in [1.165, 1.54) is 10.9 Å². The lowest BCUT2D eigenvalue weighted by Gasteiger charge is -2.35. The molecule has 230 valence electrons. The van der Waals surface area contributed by atoms with Crippen molar-refractivity contribution < 1.29 is 19.4 Å². The minimum Gasteiger partial charge on any atom is -0.505 e. The Bertz CT molecular complexity index is 1630. The summed E-state index contributed by atoms with van der Waals surface area (Å²) in [7, 11) is 2.09. The molecule has 0 atom stereocenters. The molecule has 6 rings (SSSR count). The minimum atomic E-state index is -0.454. The van der Waals surface area contributed by atoms with E-state index in [4.69, 9.17) is 4.74 Å². The fourth-order valence-corrected chi connectivity index (χ4v) is 5.56. The average Bonchev–Trinajstić information content (AvgIpc) is 3.55. The number of aromatic hydroxyl groups is 1. The summed E-state index contributed by atoms with van der Waals surface area (Å²) in [6.07, 6.45) is 3.70. The molecule has 44 heavy (non-hydrogen) atoms. The number of nitrogens with zero attached hydrogens (tertiary/aromatic N) is 7. The van der Waals surface area contributed by atoms with E-state index < -0.39 is 5.91 Å². The number of ether oxygens (including phenoxy) is 1. The number of nitrogens with one attached hydrogen (secondary N) is 2. The van der Waals surface area contributed by atoms with Crippen LogP contribution in [0.25, 0.3) is 16.6 Å². The van der Waals surface area contributed by atoms with Crippen LogP contribution in [-0.2, 0) is 4.74 Å². The largest absolute Gasteiger partial charge is 0.505 e. The van der Waals surface area contributed by atoms with Crippen molar-refractivity contribution in [2.75, 3.05) is 82.8 Å². The molecule has 0 aliphatic carbocycles. The van der Waals surface area contributed by atoms with E-state index in [1.54, 1.807) is 24.4 Å². The second-order valence-corrected chi connectivity index (χ2v) is 11.1. The van der Waals surface area contributed by atoms with Crippen molar-refractivity contribution in [3.8, 4) is 11.4 Å². The summed E-state index contributed by atoms with van der Waals surface area (Å²) in [5.74, 6) is -0.944. The molecule has 0 radical (unpaired) electrons. The van der Waals surface area contributed by atoms with Gasteiger partial charge in [0.25, 0.3) is 11.8 Å². The zero-order valence-electron chi connectivity index (χ0n) is 24.8. The van der Waals surface area contributed by atoms with Gasteiger partial charge < -0.3 is 30.3 Å². The molecule has 0 bridgehead atoms. The van der Waals surface area contributed by atoms with Crippen LogP contribution in [0.15, 0.2) is 54.9 Å². The second kappa shape index (κ2) is 13.4. The molecule has 2 aromatic carbocycles. The summed E-state index contributed by atoms with van der Waals surface area (Å²) < 4.78 is 6.90. The number of benzene rings is 2. The predicted molar refractivity (Wildman–Crippen MR) is 167 cm³/mol. The van der Waals surface area contributed by atoms with Gasteiger partial charge in [0.15, 0.2) is 5.69 Å². The van der Waals surface area contributed by atoms with Crippen LogP contribution in [0.5, 0.6) is 5.75 Å². The number of amides is 2. The maximum absolute atomic E-state index is 13.7. The Labute approximate surface area is 255 Å². The molecule has 2 aliphatic heterocycles. The van der Waals surface area contributed by atoms with Crippen molar-refractivity contribution in [2.45, 2.75) is 6.42 Å². The number of fused-ring (bicyclic) bond motifs is 1. The summed E-state index contributed by atoms with van der Waals surface area (Å²) in [6.45, 7) is 8.13. The van der Waals surface area contributed by atoms with Crippen molar-refractivity contribution in [1.29, 1.82) is 0 Å². The van der Waals surface area contributed by atoms with Gasteiger partial charge in [-0.1, -0.05) is 23.4 Å². The Morgan fingerprint density at radius 2 is 1.80 bits per heavy atom. The Balaban J connectivity index is 1.21. The number of pyridine rings is 1. The van der Waals surface area contributed by atoms with E-state index in [-0.39, 0.29) is 22.9 Å². The second-order valence-electron chi connectivity index (χ2n) is 11.1. The average molecular weight is 600 g/mol. The lowest BCUT2D eigenvalue weighted by atomic mass is 10.1. The van der Waals surface area contributed by atoms with Gasteiger partial charge in [0.2, 0.25) is 0 Å². The number of morpholine rings is 1. The van der Waals surface area contributed by atoms with Crippen LogP contribution in [0.1, 0.15) is 27.3 Å². The number of likely N-dealkylation sites (N-methyl/N-ethyl adjacent to an activating group) is 1. The molecule has 0 spiro atoms. The number of piperazine rings is 1. The quantitative estimate of drug-likeness (QED) is 0.245. The van der Waals surface area contributed by atoms with E-state index in [1.807, 2.05) is 24.3 Å². The highest BCUT2D eigenvalue weighted by Crippen LogP contribution is 2.32. The highest BCUT2D eigenvalue weighted by atomic mass is 16.5. The fourth-order valence-electron chi connectivity index (χ4n) is 5.56. The monoisotopic (exact) mass is 599 g/mol. The molecule has 0 unspecified atom stereocenters. The number of anilines is 2. The number of hydrogen-bond donors (Lipinski definition) is 3. The minimum absolute atomic E-state index is 0.152. The Kier molecular flexibility index (Phi) is 8.96. The molecule has 4 heterocycles. The van der Waals surface area contributed by atoms with E-state index in [9.17, 15) is 14.7 Å². The smallest absolute Gasteiger partial charge is 0.273 e. The van der Waals surface area contributed by atoms with Crippen LogP contribution >= 0.6 is 0 Å². The number of rotatable bonds is 9. The van der Waals surface area contributed by atoms with Crippen LogP contribution in [0.3, 0.4) is 0 Å². The maximum Gasteiger partial charge on any atom is 0.273 e. The van der Waals surface area contributed by atoms with E-state index in [0.717, 1.165) is 71.1 Å². The van der Waals surface area contributed by atoms with Crippen molar-refractivity contribution in [3.63, 3.8) is 0 Å². The summed E-state index contributed by atoms with van der Waals surface area (Å²) in [4.78, 5) is 37.5. The molecule has 2 aliphatic rings.